The molecule has 2 aromatic rings. The molecule has 3 aliphatic rings. The molecule has 6 nitrogen and oxygen atoms in total. The number of halogens is 1. The van der Waals surface area contributed by atoms with Crippen molar-refractivity contribution in [2.24, 2.45) is 0 Å². The standard InChI is InChI=1S/C24H21FN2O4/c1-13-21(24(29)27-16-8-6-15(25)7-9-16)22(23-17(26-13)3-2-4-18(23)28)14-5-10-19-20(11-14)31-12-30-19/h5-11,22,26H,2-4,12H2,1H3,(H,27,29)/t22-/m1/s1. The lowest BCUT2D eigenvalue weighted by molar-refractivity contribution is -0.116. The van der Waals surface area contributed by atoms with E-state index >= 15 is 0 Å². The Bertz CT molecular complexity index is 1150. The number of amides is 1. The molecular formula is C24H21FN2O4. The van der Waals surface area contributed by atoms with Crippen LogP contribution in [0.2, 0.25) is 0 Å². The van der Waals surface area contributed by atoms with Crippen molar-refractivity contribution >= 4 is 17.4 Å². The number of ketones is 1. The lowest BCUT2D eigenvalue weighted by Gasteiger charge is -2.34. The minimum Gasteiger partial charge on any atom is -0.454 e. The molecule has 2 aliphatic heterocycles. The third-order valence-electron chi connectivity index (χ3n) is 5.85. The molecule has 1 atom stereocenters. The number of benzene rings is 2. The zero-order valence-corrected chi connectivity index (χ0v) is 17.0. The topological polar surface area (TPSA) is 76.7 Å². The highest BCUT2D eigenvalue weighted by Crippen LogP contribution is 2.45. The zero-order valence-electron chi connectivity index (χ0n) is 17.0. The molecule has 158 valence electrons. The van der Waals surface area contributed by atoms with Crippen LogP contribution in [0.15, 0.2) is 65.0 Å². The number of nitrogens with one attached hydrogen (secondary N) is 2. The van der Waals surface area contributed by atoms with Gasteiger partial charge in [-0.05, 0) is 61.7 Å². The van der Waals surface area contributed by atoms with E-state index in [2.05, 4.69) is 10.6 Å². The summed E-state index contributed by atoms with van der Waals surface area (Å²) in [6.45, 7) is 1.98. The van der Waals surface area contributed by atoms with Crippen LogP contribution in [0.5, 0.6) is 11.5 Å². The average Bonchev–Trinajstić information content (AvgIpc) is 3.22. The van der Waals surface area contributed by atoms with Crippen LogP contribution < -0.4 is 20.1 Å². The minimum absolute atomic E-state index is 0.0380. The molecule has 7 heteroatoms. The molecule has 0 spiro atoms. The maximum absolute atomic E-state index is 13.4. The van der Waals surface area contributed by atoms with Crippen LogP contribution in [-0.2, 0) is 9.59 Å². The van der Waals surface area contributed by atoms with Crippen LogP contribution in [0.4, 0.5) is 10.1 Å². The van der Waals surface area contributed by atoms with E-state index in [1.807, 2.05) is 19.1 Å². The maximum atomic E-state index is 13.4. The molecule has 2 N–H and O–H groups in total. The fourth-order valence-electron chi connectivity index (χ4n) is 4.44. The first-order valence-corrected chi connectivity index (χ1v) is 10.2. The number of anilines is 1. The summed E-state index contributed by atoms with van der Waals surface area (Å²) >= 11 is 0. The van der Waals surface area contributed by atoms with Gasteiger partial charge in [0.25, 0.3) is 5.91 Å². The highest BCUT2D eigenvalue weighted by Gasteiger charge is 2.39. The molecule has 1 aliphatic carbocycles. The van der Waals surface area contributed by atoms with Crippen molar-refractivity contribution in [2.75, 3.05) is 12.1 Å². The smallest absolute Gasteiger partial charge is 0.254 e. The van der Waals surface area contributed by atoms with Gasteiger partial charge in [-0.3, -0.25) is 9.59 Å². The first-order valence-electron chi connectivity index (χ1n) is 10.2. The molecule has 0 aromatic heterocycles. The second-order valence-corrected chi connectivity index (χ2v) is 7.84. The van der Waals surface area contributed by atoms with Gasteiger partial charge in [0.05, 0.1) is 0 Å². The quantitative estimate of drug-likeness (QED) is 0.780. The van der Waals surface area contributed by atoms with Gasteiger partial charge in [0, 0.05) is 40.6 Å². The SMILES string of the molecule is CC1=C(C(=O)Nc2ccc(F)cc2)[C@@H](c2ccc3c(c2)OCO3)C2=C(CCCC2=O)N1. The van der Waals surface area contributed by atoms with Gasteiger partial charge in [-0.2, -0.15) is 0 Å². The summed E-state index contributed by atoms with van der Waals surface area (Å²) in [6.07, 6.45) is 1.99. The van der Waals surface area contributed by atoms with E-state index in [4.69, 9.17) is 9.47 Å². The van der Waals surface area contributed by atoms with Crippen molar-refractivity contribution in [2.45, 2.75) is 32.1 Å². The van der Waals surface area contributed by atoms with E-state index in [-0.39, 0.29) is 24.3 Å². The predicted octanol–water partition coefficient (Wildman–Crippen LogP) is 4.16. The number of carbonyl (C=O) groups excluding carboxylic acids is 2. The number of allylic oxidation sites excluding steroid dienone is 3. The van der Waals surface area contributed by atoms with E-state index in [0.717, 1.165) is 24.1 Å². The molecule has 2 aromatic carbocycles. The molecule has 0 unspecified atom stereocenters. The fraction of sp³-hybridized carbons (Fsp3) is 0.250. The minimum atomic E-state index is -0.529. The van der Waals surface area contributed by atoms with Crippen LogP contribution in [-0.4, -0.2) is 18.5 Å². The second kappa shape index (κ2) is 7.58. The Labute approximate surface area is 178 Å². The van der Waals surface area contributed by atoms with Crippen LogP contribution in [0.1, 0.15) is 37.7 Å². The molecule has 0 fully saturated rings. The van der Waals surface area contributed by atoms with Crippen LogP contribution >= 0.6 is 0 Å². The molecule has 0 saturated carbocycles. The Hall–Kier alpha value is -3.61. The lowest BCUT2D eigenvalue weighted by Crippen LogP contribution is -2.35. The van der Waals surface area contributed by atoms with Gasteiger partial charge in [0.2, 0.25) is 6.79 Å². The summed E-state index contributed by atoms with van der Waals surface area (Å²) in [4.78, 5) is 26.3. The Morgan fingerprint density at radius 2 is 1.87 bits per heavy atom. The summed E-state index contributed by atoms with van der Waals surface area (Å²) < 4.78 is 24.2. The van der Waals surface area contributed by atoms with E-state index in [0.29, 0.717) is 40.5 Å². The monoisotopic (exact) mass is 420 g/mol. The molecule has 0 radical (unpaired) electrons. The van der Waals surface area contributed by atoms with Crippen LogP contribution in [0.3, 0.4) is 0 Å². The number of ether oxygens (including phenoxy) is 2. The first kappa shape index (κ1) is 19.4. The van der Waals surface area contributed by atoms with Gasteiger partial charge in [-0.15, -0.1) is 0 Å². The average molecular weight is 420 g/mol. The van der Waals surface area contributed by atoms with Crippen LogP contribution in [0.25, 0.3) is 0 Å². The zero-order chi connectivity index (χ0) is 21.5. The Balaban J connectivity index is 1.58. The molecular weight excluding hydrogens is 399 g/mol. The van der Waals surface area contributed by atoms with Gasteiger partial charge >= 0.3 is 0 Å². The van der Waals surface area contributed by atoms with Crippen molar-refractivity contribution in [3.8, 4) is 11.5 Å². The van der Waals surface area contributed by atoms with Crippen molar-refractivity contribution < 1.29 is 23.5 Å². The molecule has 5 rings (SSSR count). The summed E-state index contributed by atoms with van der Waals surface area (Å²) in [6, 6.07) is 11.1. The van der Waals surface area contributed by atoms with Crippen molar-refractivity contribution in [1.82, 2.24) is 5.32 Å². The maximum Gasteiger partial charge on any atom is 0.254 e. The van der Waals surface area contributed by atoms with Gasteiger partial charge in [-0.25, -0.2) is 4.39 Å². The molecule has 0 bridgehead atoms. The van der Waals surface area contributed by atoms with Gasteiger partial charge in [0.1, 0.15) is 5.82 Å². The van der Waals surface area contributed by atoms with E-state index in [9.17, 15) is 14.0 Å². The highest BCUT2D eigenvalue weighted by atomic mass is 19.1. The number of carbonyl (C=O) groups is 2. The Morgan fingerprint density at radius 1 is 1.10 bits per heavy atom. The highest BCUT2D eigenvalue weighted by molar-refractivity contribution is 6.09. The number of hydrogen-bond acceptors (Lipinski definition) is 5. The van der Waals surface area contributed by atoms with E-state index in [1.54, 1.807) is 6.07 Å². The second-order valence-electron chi connectivity index (χ2n) is 7.84. The Kier molecular flexibility index (Phi) is 4.73. The third-order valence-corrected chi connectivity index (χ3v) is 5.85. The summed E-state index contributed by atoms with van der Waals surface area (Å²) in [5.41, 5.74) is 3.91. The molecule has 0 saturated heterocycles. The Morgan fingerprint density at radius 3 is 2.68 bits per heavy atom. The number of Topliss-reactive ketones (excluding diaryl/α,β-unsaturated/α-hetero) is 1. The van der Waals surface area contributed by atoms with Crippen molar-refractivity contribution in [1.29, 1.82) is 0 Å². The number of hydrogen-bond donors (Lipinski definition) is 2. The third kappa shape index (κ3) is 3.46. The fourth-order valence-corrected chi connectivity index (χ4v) is 4.44. The van der Waals surface area contributed by atoms with Crippen molar-refractivity contribution in [3.05, 3.63) is 76.4 Å². The molecule has 1 amide bonds. The normalized spacial score (nSPS) is 19.8. The van der Waals surface area contributed by atoms with Gasteiger partial charge in [0.15, 0.2) is 17.3 Å². The van der Waals surface area contributed by atoms with Gasteiger partial charge < -0.3 is 20.1 Å². The van der Waals surface area contributed by atoms with E-state index in [1.165, 1.54) is 24.3 Å². The van der Waals surface area contributed by atoms with Crippen molar-refractivity contribution in [3.63, 3.8) is 0 Å². The lowest BCUT2D eigenvalue weighted by atomic mass is 9.75. The number of dihydropyridines is 1. The first-order chi connectivity index (χ1) is 15.0. The molecule has 31 heavy (non-hydrogen) atoms. The van der Waals surface area contributed by atoms with Crippen LogP contribution in [0, 0.1) is 5.82 Å². The largest absolute Gasteiger partial charge is 0.454 e. The summed E-state index contributed by atoms with van der Waals surface area (Å²) in [5, 5.41) is 6.13. The van der Waals surface area contributed by atoms with Gasteiger partial charge in [-0.1, -0.05) is 6.07 Å². The number of fused-ring (bicyclic) bond motifs is 1. The molecule has 2 heterocycles. The summed E-state index contributed by atoms with van der Waals surface area (Å²) in [7, 11) is 0. The summed E-state index contributed by atoms with van der Waals surface area (Å²) in [5.74, 6) is 0.0185. The van der Waals surface area contributed by atoms with E-state index < -0.39 is 5.92 Å². The number of rotatable bonds is 3. The predicted molar refractivity (Wildman–Crippen MR) is 112 cm³/mol.